The Hall–Kier alpha value is -2.12. The quantitative estimate of drug-likeness (QED) is 0.203. The highest BCUT2D eigenvalue weighted by atomic mass is 32.2. The molecule has 9 nitrogen and oxygen atoms in total. The fraction of sp³-hybridized carbons (Fsp3) is 0.478. The van der Waals surface area contributed by atoms with E-state index in [-0.39, 0.29) is 39.6 Å². The summed E-state index contributed by atoms with van der Waals surface area (Å²) in [5.41, 5.74) is 0.951. The lowest BCUT2D eigenvalue weighted by Gasteiger charge is -2.33. The summed E-state index contributed by atoms with van der Waals surface area (Å²) in [6.07, 6.45) is 2.99. The molecule has 5 N–H and O–H groups in total. The number of aliphatic hydroxyl groups excluding tert-OH is 1. The van der Waals surface area contributed by atoms with Crippen molar-refractivity contribution in [1.82, 2.24) is 9.62 Å². The number of rotatable bonds is 7. The van der Waals surface area contributed by atoms with E-state index in [0.717, 1.165) is 28.8 Å². The van der Waals surface area contributed by atoms with Gasteiger partial charge in [-0.3, -0.25) is 5.41 Å². The lowest BCUT2D eigenvalue weighted by Crippen LogP contribution is -2.42. The fourth-order valence-electron chi connectivity index (χ4n) is 4.03. The van der Waals surface area contributed by atoms with E-state index in [9.17, 15) is 18.6 Å². The summed E-state index contributed by atoms with van der Waals surface area (Å²) in [5, 5.41) is 36.7. The number of thiophene rings is 1. The maximum absolute atomic E-state index is 13.1. The highest BCUT2D eigenvalue weighted by Crippen LogP contribution is 2.41. The minimum atomic E-state index is -3.97. The van der Waals surface area contributed by atoms with Crippen molar-refractivity contribution >= 4 is 50.7 Å². The Morgan fingerprint density at radius 2 is 2.03 bits per heavy atom. The number of benzene rings is 1. The summed E-state index contributed by atoms with van der Waals surface area (Å²) in [7, 11) is -3.97. The van der Waals surface area contributed by atoms with E-state index in [0.29, 0.717) is 19.4 Å². The van der Waals surface area contributed by atoms with E-state index in [4.69, 9.17) is 5.41 Å². The first-order chi connectivity index (χ1) is 16.5. The third kappa shape index (κ3) is 6.18. The number of nitrogens with one attached hydrogen (secondary N) is 3. The Morgan fingerprint density at radius 1 is 1.34 bits per heavy atom. The second-order valence-electron chi connectivity index (χ2n) is 9.36. The van der Waals surface area contributed by atoms with Crippen LogP contribution in [0.25, 0.3) is 0 Å². The summed E-state index contributed by atoms with van der Waals surface area (Å²) in [5.74, 6) is -0.247. The minimum Gasteiger partial charge on any atom is -0.504 e. The van der Waals surface area contributed by atoms with Gasteiger partial charge in [-0.15, -0.1) is 11.3 Å². The second-order valence-corrected chi connectivity index (χ2v) is 12.9. The number of anilines is 1. The van der Waals surface area contributed by atoms with Crippen LogP contribution < -0.4 is 10.6 Å². The van der Waals surface area contributed by atoms with E-state index < -0.39 is 21.8 Å². The van der Waals surface area contributed by atoms with Gasteiger partial charge in [0.1, 0.15) is 0 Å². The van der Waals surface area contributed by atoms with Crippen molar-refractivity contribution in [2.45, 2.75) is 49.9 Å². The number of sulfonamides is 1. The summed E-state index contributed by atoms with van der Waals surface area (Å²) in [6, 6.07) is 9.14. The Bertz CT molecular complexity index is 1160. The Labute approximate surface area is 215 Å². The average Bonchev–Trinajstić information content (AvgIpc) is 3.44. The maximum atomic E-state index is 13.1. The van der Waals surface area contributed by atoms with Crippen molar-refractivity contribution in [3.63, 3.8) is 0 Å². The molecule has 12 heteroatoms. The van der Waals surface area contributed by atoms with E-state index in [1.54, 1.807) is 6.26 Å². The zero-order valence-electron chi connectivity index (χ0n) is 20.3. The normalized spacial score (nSPS) is 18.4. The molecule has 0 amide bonds. The predicted molar refractivity (Wildman–Crippen MR) is 144 cm³/mol. The van der Waals surface area contributed by atoms with E-state index in [1.165, 1.54) is 9.69 Å². The number of nitrogens with zero attached hydrogens (tertiary/aromatic N) is 2. The zero-order chi connectivity index (χ0) is 25.8. The fourth-order valence-corrected chi connectivity index (χ4v) is 7.38. The molecule has 2 atom stereocenters. The van der Waals surface area contributed by atoms with Crippen molar-refractivity contribution in [1.29, 1.82) is 5.41 Å². The molecule has 0 aliphatic carbocycles. The molecule has 2 heterocycles. The van der Waals surface area contributed by atoms with Crippen molar-refractivity contribution in [3.05, 3.63) is 41.3 Å². The molecule has 3 rings (SSSR count). The Morgan fingerprint density at radius 3 is 2.63 bits per heavy atom. The third-order valence-corrected chi connectivity index (χ3v) is 9.58. The van der Waals surface area contributed by atoms with Gasteiger partial charge >= 0.3 is 0 Å². The standard InChI is InChI=1S/C23H33N5O4S3/c1-23(2,3)19(15-9-6-5-7-10-15)26-20(24)21(27-33-4)25-17-14-34-22(18(17)30)35(31,32)28-12-8-11-16(28)13-29/h5-7,9-10,14,16,19,29-30H,8,11-13H2,1-4H3,(H2,24,26)(H,25,27)/t16?,19-/m0/s1. The molecule has 0 spiro atoms. The van der Waals surface area contributed by atoms with Crippen LogP contribution in [-0.2, 0) is 10.0 Å². The lowest BCUT2D eigenvalue weighted by molar-refractivity contribution is 0.213. The first-order valence-corrected chi connectivity index (χ1v) is 14.7. The molecule has 192 valence electrons. The number of hydrogen-bond acceptors (Lipinski definition) is 8. The van der Waals surface area contributed by atoms with Gasteiger partial charge in [-0.2, -0.15) is 8.70 Å². The molecule has 0 bridgehead atoms. The van der Waals surface area contributed by atoms with Crippen LogP contribution in [0, 0.1) is 10.8 Å². The number of amidine groups is 2. The summed E-state index contributed by atoms with van der Waals surface area (Å²) < 4.78 is 31.6. The number of aromatic hydroxyl groups is 1. The van der Waals surface area contributed by atoms with Gasteiger partial charge in [0.15, 0.2) is 21.6 Å². The van der Waals surface area contributed by atoms with Crippen LogP contribution in [0.2, 0.25) is 0 Å². The Kier molecular flexibility index (Phi) is 8.86. The first kappa shape index (κ1) is 27.5. The SMILES string of the molecule is CS/N=C(/Nc1csc(S(=O)(=O)N2CCCC2CO)c1O)C(=N)N[C@@H](c1ccccc1)C(C)(C)C. The maximum Gasteiger partial charge on any atom is 0.256 e. The first-order valence-electron chi connectivity index (χ1n) is 11.2. The molecular formula is C23H33N5O4S3. The topological polar surface area (TPSA) is 138 Å². The molecule has 1 aliphatic heterocycles. The zero-order valence-corrected chi connectivity index (χ0v) is 22.7. The van der Waals surface area contributed by atoms with Crippen LogP contribution in [0.4, 0.5) is 5.69 Å². The predicted octanol–water partition coefficient (Wildman–Crippen LogP) is 4.04. The molecule has 1 aromatic carbocycles. The highest BCUT2D eigenvalue weighted by molar-refractivity contribution is 7.97. The molecule has 1 aromatic heterocycles. The van der Waals surface area contributed by atoms with E-state index >= 15 is 0 Å². The third-order valence-electron chi connectivity index (χ3n) is 5.77. The van der Waals surface area contributed by atoms with Gasteiger partial charge in [-0.05, 0) is 35.8 Å². The Balaban J connectivity index is 1.84. The van der Waals surface area contributed by atoms with Crippen molar-refractivity contribution in [2.75, 3.05) is 24.7 Å². The van der Waals surface area contributed by atoms with Gasteiger partial charge in [0.25, 0.3) is 10.0 Å². The smallest absolute Gasteiger partial charge is 0.256 e. The average molecular weight is 540 g/mol. The molecule has 1 unspecified atom stereocenters. The van der Waals surface area contributed by atoms with Gasteiger partial charge in [-0.1, -0.05) is 51.1 Å². The molecule has 1 fully saturated rings. The van der Waals surface area contributed by atoms with Gasteiger partial charge in [-0.25, -0.2) is 8.42 Å². The van der Waals surface area contributed by atoms with Gasteiger partial charge in [0, 0.05) is 24.2 Å². The van der Waals surface area contributed by atoms with E-state index in [2.05, 4.69) is 35.8 Å². The molecule has 2 aromatic rings. The molecule has 1 aliphatic rings. The van der Waals surface area contributed by atoms with Crippen LogP contribution in [0.5, 0.6) is 5.75 Å². The molecule has 0 saturated carbocycles. The number of aliphatic hydroxyl groups is 1. The summed E-state index contributed by atoms with van der Waals surface area (Å²) >= 11 is 2.03. The van der Waals surface area contributed by atoms with Crippen LogP contribution in [0.3, 0.4) is 0 Å². The molecular weight excluding hydrogens is 506 g/mol. The highest BCUT2D eigenvalue weighted by Gasteiger charge is 2.38. The number of hydrogen-bond donors (Lipinski definition) is 5. The van der Waals surface area contributed by atoms with Gasteiger partial charge < -0.3 is 20.8 Å². The molecule has 0 radical (unpaired) electrons. The van der Waals surface area contributed by atoms with Crippen LogP contribution >= 0.6 is 23.3 Å². The monoisotopic (exact) mass is 539 g/mol. The second kappa shape index (κ2) is 11.3. The molecule has 1 saturated heterocycles. The summed E-state index contributed by atoms with van der Waals surface area (Å²) in [6.45, 7) is 6.26. The largest absolute Gasteiger partial charge is 0.504 e. The summed E-state index contributed by atoms with van der Waals surface area (Å²) in [4.78, 5) is 0. The van der Waals surface area contributed by atoms with E-state index in [1.807, 2.05) is 30.3 Å². The van der Waals surface area contributed by atoms with Crippen molar-refractivity contribution < 1.29 is 18.6 Å². The lowest BCUT2D eigenvalue weighted by atomic mass is 9.82. The van der Waals surface area contributed by atoms with Crippen molar-refractivity contribution in [2.24, 2.45) is 9.81 Å². The van der Waals surface area contributed by atoms with Crippen LogP contribution in [0.15, 0.2) is 44.3 Å². The van der Waals surface area contributed by atoms with Gasteiger partial charge in [0.2, 0.25) is 0 Å². The van der Waals surface area contributed by atoms with Crippen molar-refractivity contribution in [3.8, 4) is 5.75 Å². The van der Waals surface area contributed by atoms with Crippen LogP contribution in [0.1, 0.15) is 45.2 Å². The molecule has 35 heavy (non-hydrogen) atoms. The minimum absolute atomic E-state index is 0.0121. The van der Waals surface area contributed by atoms with Gasteiger partial charge in [0.05, 0.1) is 18.3 Å². The van der Waals surface area contributed by atoms with Crippen LogP contribution in [-0.4, -0.2) is 60.1 Å².